The van der Waals surface area contributed by atoms with Crippen molar-refractivity contribution in [1.29, 1.82) is 0 Å². The molecule has 0 spiro atoms. The van der Waals surface area contributed by atoms with Crippen LogP contribution in [0.15, 0.2) is 0 Å². The molecule has 0 saturated carbocycles. The van der Waals surface area contributed by atoms with Gasteiger partial charge in [0.2, 0.25) is 29.5 Å². The first kappa shape index (κ1) is 78.8. The molecule has 6 atom stereocenters. The van der Waals surface area contributed by atoms with E-state index in [0.717, 1.165) is 64.2 Å². The highest BCUT2D eigenvalue weighted by molar-refractivity contribution is 5.88. The first-order valence-corrected chi connectivity index (χ1v) is 30.1. The molecule has 0 aromatic rings. The van der Waals surface area contributed by atoms with Crippen LogP contribution in [0.4, 0.5) is 0 Å². The molecule has 5 amide bonds. The zero-order chi connectivity index (χ0) is 63.6. The van der Waals surface area contributed by atoms with Crippen LogP contribution in [0.1, 0.15) is 196 Å². The number of carboxylic acids is 5. The minimum Gasteiger partial charge on any atom is -0.481 e. The van der Waals surface area contributed by atoms with E-state index >= 15 is 0 Å². The fourth-order valence-corrected chi connectivity index (χ4v) is 8.59. The van der Waals surface area contributed by atoms with E-state index in [1.54, 1.807) is 6.92 Å². The number of carbonyl (C=O) groups is 12. The van der Waals surface area contributed by atoms with Gasteiger partial charge in [0.25, 0.3) is 0 Å². The van der Waals surface area contributed by atoms with E-state index in [0.29, 0.717) is 38.6 Å². The third-order valence-corrected chi connectivity index (χ3v) is 13.7. The van der Waals surface area contributed by atoms with Gasteiger partial charge in [-0.15, -0.1) is 0 Å². The molecule has 11 N–H and O–H groups in total. The maximum absolute atomic E-state index is 12.7. The second-order valence-corrected chi connectivity index (χ2v) is 21.3. The minimum atomic E-state index is -1.44. The Kier molecular flexibility index (Phi) is 47.4. The Hall–Kier alpha value is -6.16. The summed E-state index contributed by atoms with van der Waals surface area (Å²) in [7, 11) is 0. The van der Waals surface area contributed by atoms with Gasteiger partial charge in [0.15, 0.2) is 6.04 Å². The molecule has 0 fully saturated rings. The maximum atomic E-state index is 12.7. The molecule has 0 aromatic carbocycles. The molecule has 0 heterocycles. The van der Waals surface area contributed by atoms with Gasteiger partial charge in [-0.3, -0.25) is 43.2 Å². The summed E-state index contributed by atoms with van der Waals surface area (Å²) in [5, 5.41) is 68.7. The van der Waals surface area contributed by atoms with E-state index in [9.17, 15) is 78.0 Å². The number of nitrogens with one attached hydrogen (secondary N) is 5. The normalized spacial score (nSPS) is 13.3. The average molecular weight is 1220 g/mol. The molecule has 0 radical (unpaired) electrons. The summed E-state index contributed by atoms with van der Waals surface area (Å²) < 4.78 is 21.4. The lowest BCUT2D eigenvalue weighted by Gasteiger charge is -2.19. The highest BCUT2D eigenvalue weighted by atomic mass is 16.5. The van der Waals surface area contributed by atoms with E-state index in [1.165, 1.54) is 26.2 Å². The number of hydrogen-bond donors (Lipinski definition) is 11. The topological polar surface area (TPSA) is 423 Å². The van der Waals surface area contributed by atoms with Crippen LogP contribution in [-0.4, -0.2) is 192 Å². The van der Waals surface area contributed by atoms with Gasteiger partial charge in [-0.2, -0.15) is 0 Å². The summed E-state index contributed by atoms with van der Waals surface area (Å²) in [4.78, 5) is 144. The van der Waals surface area contributed by atoms with Crippen molar-refractivity contribution in [3.63, 3.8) is 0 Å². The number of aliphatic carboxylic acids is 5. The van der Waals surface area contributed by atoms with Crippen molar-refractivity contribution >= 4 is 70.9 Å². The van der Waals surface area contributed by atoms with Gasteiger partial charge >= 0.3 is 29.8 Å². The van der Waals surface area contributed by atoms with Gasteiger partial charge in [0, 0.05) is 73.4 Å². The molecule has 27 heteroatoms. The van der Waals surface area contributed by atoms with Crippen LogP contribution in [0.5, 0.6) is 0 Å². The molecule has 85 heavy (non-hydrogen) atoms. The first-order valence-electron chi connectivity index (χ1n) is 30.1. The average Bonchev–Trinajstić information content (AvgIpc) is 3.65. The fraction of sp³-hybridized carbons (Fsp3) is 0.793. The lowest BCUT2D eigenvalue weighted by molar-refractivity contribution is -0.145. The monoisotopic (exact) mass is 1220 g/mol. The van der Waals surface area contributed by atoms with Crippen molar-refractivity contribution in [2.24, 2.45) is 11.8 Å². The Labute approximate surface area is 501 Å². The highest BCUT2D eigenvalue weighted by Gasteiger charge is 2.28. The molecule has 0 bridgehead atoms. The third kappa shape index (κ3) is 46.8. The number of carbonyl (C=O) groups excluding carboxylic acids is 7. The summed E-state index contributed by atoms with van der Waals surface area (Å²) in [6.45, 7) is 3.96. The molecule has 492 valence electrons. The smallest absolute Gasteiger partial charge is 0.328 e. The predicted molar refractivity (Wildman–Crippen MR) is 311 cm³/mol. The van der Waals surface area contributed by atoms with Gasteiger partial charge in [0.05, 0.1) is 45.1 Å². The Morgan fingerprint density at radius 1 is 0.388 bits per heavy atom. The number of amides is 5. The zero-order valence-corrected chi connectivity index (χ0v) is 50.0. The van der Waals surface area contributed by atoms with Crippen molar-refractivity contribution in [1.82, 2.24) is 26.6 Å². The third-order valence-electron chi connectivity index (χ3n) is 13.7. The van der Waals surface area contributed by atoms with Crippen molar-refractivity contribution in [2.75, 3.05) is 65.9 Å². The molecular formula is C58H103N5O22. The van der Waals surface area contributed by atoms with Crippen LogP contribution >= 0.6 is 0 Å². The second-order valence-electron chi connectivity index (χ2n) is 21.3. The number of hydrogen-bond acceptors (Lipinski definition) is 17. The Morgan fingerprint density at radius 3 is 1.33 bits per heavy atom. The molecule has 0 unspecified atom stereocenters. The maximum Gasteiger partial charge on any atom is 0.328 e. The van der Waals surface area contributed by atoms with E-state index in [2.05, 4.69) is 26.6 Å². The zero-order valence-electron chi connectivity index (χ0n) is 50.0. The molecule has 0 rings (SSSR count). The number of Topliss-reactive ketones (excluding diaryl/α,β-unsaturated/α-hetero) is 2. The van der Waals surface area contributed by atoms with E-state index in [1.807, 2.05) is 0 Å². The van der Waals surface area contributed by atoms with Crippen molar-refractivity contribution in [3.05, 3.63) is 0 Å². The predicted octanol–water partition coefficient (Wildman–Crippen LogP) is 4.35. The van der Waals surface area contributed by atoms with Gasteiger partial charge in [-0.05, 0) is 58.3 Å². The molecule has 0 aliphatic carbocycles. The molecule has 0 aliphatic rings. The Balaban J connectivity index is -0.0000353. The van der Waals surface area contributed by atoms with Crippen LogP contribution in [0.2, 0.25) is 0 Å². The second kappa shape index (κ2) is 51.1. The summed E-state index contributed by atoms with van der Waals surface area (Å²) in [5.74, 6) is -11.3. The summed E-state index contributed by atoms with van der Waals surface area (Å²) >= 11 is 0. The number of ether oxygens (including phenoxy) is 4. The highest BCUT2D eigenvalue weighted by Crippen LogP contribution is 2.17. The number of ketones is 2. The van der Waals surface area contributed by atoms with Crippen LogP contribution in [-0.2, 0) is 76.5 Å². The number of aliphatic hydroxyl groups is 1. The number of aliphatic hydroxyl groups excluding tert-OH is 1. The Bertz CT molecular complexity index is 2000. The molecular weight excluding hydrogens is 1120 g/mol. The molecule has 0 saturated heterocycles. The quantitative estimate of drug-likeness (QED) is 0.0377. The van der Waals surface area contributed by atoms with E-state index in [4.69, 9.17) is 29.2 Å². The SMILES string of the molecule is C[C@@H](CCCCNC(=O)COCCOCCNC(=O)COCCOCCCC(=O)CC[C@H](NC(=O)CC[C@H](CC(=O)CC[C@H](NC(=O)CCCCCCCCCCCCCCCCC(=O)O)C(=O)O)C(=O)O)C(=O)O)C(=O)N[C@H](C(=O)O)[C@@H](C)O.[HH].[HH]. The lowest BCUT2D eigenvalue weighted by Crippen LogP contribution is -2.49. The molecule has 27 nitrogen and oxygen atoms in total. The van der Waals surface area contributed by atoms with Crippen LogP contribution in [0.25, 0.3) is 0 Å². The first-order chi connectivity index (χ1) is 40.5. The minimum absolute atomic E-state index is 0. The summed E-state index contributed by atoms with van der Waals surface area (Å²) in [5.41, 5.74) is 0. The molecule has 0 aliphatic heterocycles. The number of rotatable bonds is 59. The number of carboxylic acid groups (broad SMARTS) is 5. The van der Waals surface area contributed by atoms with Gasteiger partial charge in [-0.1, -0.05) is 90.4 Å². The number of unbranched alkanes of at least 4 members (excludes halogenated alkanes) is 14. The summed E-state index contributed by atoms with van der Waals surface area (Å²) in [6.07, 6.45) is 13.1. The van der Waals surface area contributed by atoms with Gasteiger partial charge in [0.1, 0.15) is 36.9 Å². The van der Waals surface area contributed by atoms with E-state index < -0.39 is 102 Å². The lowest BCUT2D eigenvalue weighted by atomic mass is 9.94. The van der Waals surface area contributed by atoms with Crippen molar-refractivity contribution in [2.45, 2.75) is 218 Å². The van der Waals surface area contributed by atoms with Crippen molar-refractivity contribution < 1.29 is 110 Å². The van der Waals surface area contributed by atoms with Gasteiger partial charge < -0.3 is 76.2 Å². The van der Waals surface area contributed by atoms with Crippen LogP contribution in [0, 0.1) is 11.8 Å². The largest absolute Gasteiger partial charge is 0.481 e. The van der Waals surface area contributed by atoms with Crippen LogP contribution in [0.3, 0.4) is 0 Å². The van der Waals surface area contributed by atoms with Gasteiger partial charge in [-0.25, -0.2) is 14.4 Å². The van der Waals surface area contributed by atoms with E-state index in [-0.39, 0.29) is 131 Å². The Morgan fingerprint density at radius 2 is 0.847 bits per heavy atom. The molecule has 0 aromatic heterocycles. The summed E-state index contributed by atoms with van der Waals surface area (Å²) in [6, 6.07) is -4.18. The fourth-order valence-electron chi connectivity index (χ4n) is 8.59. The van der Waals surface area contributed by atoms with Crippen molar-refractivity contribution in [3.8, 4) is 0 Å². The van der Waals surface area contributed by atoms with Crippen LogP contribution < -0.4 is 26.6 Å². The standard InChI is InChI=1S/C58H99N5O22.2H2/c1-41(54(73)63-53(42(2)64)58(80)81)20-17-18-30-59-50(69)39-85-37-35-83-33-31-60-51(70)40-84-36-34-82-32-19-21-44(65)25-27-46(56(76)77)62-49(68)29-24-43(55(74)75)38-45(66)26-28-47(57(78)79)61-48(67)22-15-13-11-9-7-5-3-4-6-8-10-12-14-16-23-52(71)72;;/h41-43,46-47,53,64H,3-40H2,1-2H3,(H,59,69)(H,60,70)(H,61,67)(H,62,68)(H,63,73)(H,71,72)(H,74,75)(H,76,77)(H,78,79)(H,80,81);2*1H/t41-,42+,43+,46-,47-,53-;;/m0../s1.